The van der Waals surface area contributed by atoms with Gasteiger partial charge in [-0.15, -0.1) is 0 Å². The Morgan fingerprint density at radius 3 is 2.32 bits per heavy atom. The first kappa shape index (κ1) is 25.0. The van der Waals surface area contributed by atoms with Crippen LogP contribution in [0, 0.1) is 5.92 Å². The third-order valence-electron chi connectivity index (χ3n) is 6.19. The number of carboxylic acid groups (broad SMARTS) is 1. The summed E-state index contributed by atoms with van der Waals surface area (Å²) < 4.78 is 0. The van der Waals surface area contributed by atoms with Crippen molar-refractivity contribution in [1.82, 2.24) is 20.0 Å². The minimum Gasteiger partial charge on any atom is -0.480 e. The number of carbonyl (C=O) groups is 4. The van der Waals surface area contributed by atoms with Crippen LogP contribution in [0.15, 0.2) is 42.7 Å². The van der Waals surface area contributed by atoms with Crippen molar-refractivity contribution in [3.63, 3.8) is 0 Å². The fourth-order valence-corrected chi connectivity index (χ4v) is 4.36. The van der Waals surface area contributed by atoms with Gasteiger partial charge in [0, 0.05) is 32.7 Å². The van der Waals surface area contributed by atoms with Gasteiger partial charge in [-0.2, -0.15) is 0 Å². The van der Waals surface area contributed by atoms with E-state index in [1.807, 2.05) is 30.3 Å². The number of nitrogens with zero attached hydrogens (tertiary/aromatic N) is 3. The van der Waals surface area contributed by atoms with Crippen molar-refractivity contribution in [2.45, 2.75) is 31.3 Å². The van der Waals surface area contributed by atoms with Crippen LogP contribution in [0.1, 0.15) is 18.4 Å². The molecule has 0 spiro atoms. The molecule has 0 saturated carbocycles. The number of β-lactam (4-membered cyclic amide) rings is 1. The van der Waals surface area contributed by atoms with Gasteiger partial charge in [0.15, 0.2) is 6.04 Å². The molecule has 2 heterocycles. The molecule has 1 aromatic carbocycles. The molecule has 34 heavy (non-hydrogen) atoms. The molecular formula is C23H32N6O5. The number of carboxylic acids is 1. The van der Waals surface area contributed by atoms with Crippen molar-refractivity contribution >= 4 is 23.8 Å². The molecule has 3 atom stereocenters. The minimum absolute atomic E-state index is 0.200. The van der Waals surface area contributed by atoms with Crippen molar-refractivity contribution in [2.24, 2.45) is 17.4 Å². The van der Waals surface area contributed by atoms with Crippen LogP contribution < -0.4 is 16.8 Å². The number of piperazine rings is 1. The Bertz CT molecular complexity index is 931. The lowest BCUT2D eigenvalue weighted by atomic mass is 9.83. The lowest BCUT2D eigenvalue weighted by Gasteiger charge is -2.46. The molecule has 0 aromatic heterocycles. The zero-order valence-electron chi connectivity index (χ0n) is 19.1. The van der Waals surface area contributed by atoms with Crippen LogP contribution in [0.3, 0.4) is 0 Å². The molecule has 184 valence electrons. The van der Waals surface area contributed by atoms with Gasteiger partial charge in [0.25, 0.3) is 0 Å². The normalized spacial score (nSPS) is 21.0. The van der Waals surface area contributed by atoms with Crippen molar-refractivity contribution in [1.29, 1.82) is 0 Å². The number of hydrogen-bond acceptors (Lipinski definition) is 7. The van der Waals surface area contributed by atoms with Crippen LogP contribution in [0.4, 0.5) is 4.79 Å². The Kier molecular flexibility index (Phi) is 8.11. The Labute approximate surface area is 198 Å². The highest BCUT2D eigenvalue weighted by Gasteiger charge is 2.55. The van der Waals surface area contributed by atoms with E-state index in [1.54, 1.807) is 4.90 Å². The van der Waals surface area contributed by atoms with E-state index in [1.165, 1.54) is 4.90 Å². The second kappa shape index (κ2) is 11.0. The predicted molar refractivity (Wildman–Crippen MR) is 124 cm³/mol. The smallest absolute Gasteiger partial charge is 0.327 e. The highest BCUT2D eigenvalue weighted by molar-refractivity contribution is 6.07. The summed E-state index contributed by atoms with van der Waals surface area (Å²) in [6.07, 6.45) is 1.25. The number of imide groups is 1. The highest BCUT2D eigenvalue weighted by Crippen LogP contribution is 2.32. The van der Waals surface area contributed by atoms with Gasteiger partial charge in [-0.25, -0.2) is 14.5 Å². The monoisotopic (exact) mass is 472 g/mol. The molecule has 2 fully saturated rings. The first-order valence-corrected chi connectivity index (χ1v) is 11.3. The third-order valence-corrected chi connectivity index (χ3v) is 6.19. The summed E-state index contributed by atoms with van der Waals surface area (Å²) in [5.41, 5.74) is 12.5. The van der Waals surface area contributed by atoms with Gasteiger partial charge in [0.05, 0.1) is 17.8 Å². The third kappa shape index (κ3) is 5.66. The maximum Gasteiger partial charge on any atom is 0.327 e. The Morgan fingerprint density at radius 2 is 1.74 bits per heavy atom. The summed E-state index contributed by atoms with van der Waals surface area (Å²) in [5, 5.41) is 12.4. The number of hydrogen-bond donors (Lipinski definition) is 4. The van der Waals surface area contributed by atoms with E-state index in [4.69, 9.17) is 11.5 Å². The highest BCUT2D eigenvalue weighted by atomic mass is 16.4. The van der Waals surface area contributed by atoms with E-state index >= 15 is 0 Å². The molecule has 3 rings (SSSR count). The summed E-state index contributed by atoms with van der Waals surface area (Å²) in [7, 11) is 0. The van der Waals surface area contributed by atoms with E-state index in [0.717, 1.165) is 10.5 Å². The van der Waals surface area contributed by atoms with Gasteiger partial charge in [0.2, 0.25) is 11.8 Å². The molecule has 0 radical (unpaired) electrons. The SMILES string of the molecule is C=C(N)NCCC[C@H]1C(=O)N(C(=O)N2CCN(C(=O)C(N)Cc3ccccc3)CC2)C1C(=O)O. The number of rotatable bonds is 9. The molecular weight excluding hydrogens is 440 g/mol. The summed E-state index contributed by atoms with van der Waals surface area (Å²) in [4.78, 5) is 53.8. The maximum atomic E-state index is 12.9. The molecule has 2 saturated heterocycles. The summed E-state index contributed by atoms with van der Waals surface area (Å²) in [5.74, 6) is -2.37. The number of benzene rings is 1. The zero-order valence-corrected chi connectivity index (χ0v) is 19.1. The average molecular weight is 473 g/mol. The zero-order chi connectivity index (χ0) is 24.8. The molecule has 0 bridgehead atoms. The number of amides is 4. The molecule has 1 aromatic rings. The number of nitrogens with one attached hydrogen (secondary N) is 1. The van der Waals surface area contributed by atoms with E-state index in [0.29, 0.717) is 31.6 Å². The van der Waals surface area contributed by atoms with E-state index < -0.39 is 35.9 Å². The van der Waals surface area contributed by atoms with Gasteiger partial charge < -0.3 is 31.7 Å². The van der Waals surface area contributed by atoms with E-state index in [9.17, 15) is 24.3 Å². The number of aliphatic carboxylic acids is 1. The molecule has 2 aliphatic rings. The second-order valence-corrected chi connectivity index (χ2v) is 8.58. The summed E-state index contributed by atoms with van der Waals surface area (Å²) in [6.45, 7) is 4.91. The number of nitrogens with two attached hydrogens (primary N) is 2. The standard InChI is InChI=1S/C23H32N6O5/c1-15(24)26-9-5-8-17-19(22(32)33)29(20(17)30)23(34)28-12-10-27(11-13-28)21(31)18(25)14-16-6-3-2-4-7-16/h2-4,6-7,17-19,26H,1,5,8-14,24-25H2,(H,32,33)/t17-,18?,19?/m1/s1. The van der Waals surface area contributed by atoms with Crippen LogP contribution in [0.2, 0.25) is 0 Å². The van der Waals surface area contributed by atoms with E-state index in [-0.39, 0.29) is 32.1 Å². The quantitative estimate of drug-likeness (QED) is 0.277. The first-order valence-electron chi connectivity index (χ1n) is 11.3. The van der Waals surface area contributed by atoms with E-state index in [2.05, 4.69) is 11.9 Å². The lowest BCUT2D eigenvalue weighted by Crippen LogP contribution is -2.69. The van der Waals surface area contributed by atoms with Gasteiger partial charge in [-0.3, -0.25) is 9.59 Å². The predicted octanol–water partition coefficient (Wildman–Crippen LogP) is -0.468. The first-order chi connectivity index (χ1) is 16.2. The molecule has 6 N–H and O–H groups in total. The number of carbonyl (C=O) groups excluding carboxylic acids is 3. The molecule has 11 nitrogen and oxygen atoms in total. The molecule has 2 aliphatic heterocycles. The largest absolute Gasteiger partial charge is 0.480 e. The molecule has 2 unspecified atom stereocenters. The van der Waals surface area contributed by atoms with Crippen LogP contribution in [-0.2, 0) is 20.8 Å². The van der Waals surface area contributed by atoms with Gasteiger partial charge >= 0.3 is 12.0 Å². The summed E-state index contributed by atoms with van der Waals surface area (Å²) in [6, 6.07) is 6.96. The molecule has 4 amide bonds. The van der Waals surface area contributed by atoms with Crippen LogP contribution >= 0.6 is 0 Å². The fourth-order valence-electron chi connectivity index (χ4n) is 4.36. The fraction of sp³-hybridized carbons (Fsp3) is 0.478. The second-order valence-electron chi connectivity index (χ2n) is 8.58. The average Bonchev–Trinajstić information content (AvgIpc) is 2.81. The lowest BCUT2D eigenvalue weighted by molar-refractivity contribution is -0.167. The van der Waals surface area contributed by atoms with Crippen molar-refractivity contribution in [2.75, 3.05) is 32.7 Å². The molecule has 0 aliphatic carbocycles. The van der Waals surface area contributed by atoms with Crippen LogP contribution in [-0.4, -0.2) is 88.4 Å². The topological polar surface area (TPSA) is 162 Å². The Hall–Kier alpha value is -3.60. The van der Waals surface area contributed by atoms with Crippen molar-refractivity contribution in [3.8, 4) is 0 Å². The minimum atomic E-state index is -1.21. The number of likely N-dealkylation sites (tertiary alicyclic amines) is 1. The summed E-state index contributed by atoms with van der Waals surface area (Å²) >= 11 is 0. The number of urea groups is 1. The molecule has 11 heteroatoms. The van der Waals surface area contributed by atoms with Crippen LogP contribution in [0.5, 0.6) is 0 Å². The van der Waals surface area contributed by atoms with Gasteiger partial charge in [-0.05, 0) is 24.8 Å². The van der Waals surface area contributed by atoms with Crippen LogP contribution in [0.25, 0.3) is 0 Å². The van der Waals surface area contributed by atoms with Gasteiger partial charge in [0.1, 0.15) is 0 Å². The van der Waals surface area contributed by atoms with Crippen molar-refractivity contribution in [3.05, 3.63) is 48.3 Å². The van der Waals surface area contributed by atoms with Gasteiger partial charge in [-0.1, -0.05) is 36.9 Å². The van der Waals surface area contributed by atoms with Crippen molar-refractivity contribution < 1.29 is 24.3 Å². The Morgan fingerprint density at radius 1 is 1.12 bits per heavy atom. The maximum absolute atomic E-state index is 12.9. The Balaban J connectivity index is 1.51.